The predicted molar refractivity (Wildman–Crippen MR) is 76.7 cm³/mol. The van der Waals surface area contributed by atoms with E-state index >= 15 is 0 Å². The molecule has 3 aromatic rings. The highest BCUT2D eigenvalue weighted by molar-refractivity contribution is 7.22. The van der Waals surface area contributed by atoms with Crippen molar-refractivity contribution < 1.29 is 9.53 Å². The molecule has 20 heavy (non-hydrogen) atoms. The highest BCUT2D eigenvalue weighted by Gasteiger charge is 2.13. The van der Waals surface area contributed by atoms with Crippen LogP contribution in [0.15, 0.2) is 30.3 Å². The number of thiazole rings is 1. The molecule has 0 aliphatic rings. The number of nitrogens with two attached hydrogens (primary N) is 1. The van der Waals surface area contributed by atoms with E-state index in [2.05, 4.69) is 20.5 Å². The van der Waals surface area contributed by atoms with E-state index in [1.807, 2.05) is 18.2 Å². The molecule has 8 heteroatoms. The van der Waals surface area contributed by atoms with E-state index in [1.54, 1.807) is 12.1 Å². The van der Waals surface area contributed by atoms with Crippen LogP contribution in [0.1, 0.15) is 0 Å². The van der Waals surface area contributed by atoms with Crippen LogP contribution in [0.2, 0.25) is 0 Å². The van der Waals surface area contributed by atoms with Crippen molar-refractivity contribution in [2.75, 3.05) is 17.7 Å². The molecule has 2 heterocycles. The lowest BCUT2D eigenvalue weighted by atomic mass is 10.3. The van der Waals surface area contributed by atoms with E-state index in [4.69, 9.17) is 10.5 Å². The largest absolute Gasteiger partial charge is 0.484 e. The molecule has 0 aliphatic carbocycles. The van der Waals surface area contributed by atoms with E-state index in [1.165, 1.54) is 11.3 Å². The Morgan fingerprint density at radius 3 is 3.00 bits per heavy atom. The van der Waals surface area contributed by atoms with Gasteiger partial charge in [-0.1, -0.05) is 29.5 Å². The number of carbonyl (C=O) groups excluding carboxylic acids is 1. The number of carbonyl (C=O) groups is 1. The Kier molecular flexibility index (Phi) is 3.21. The maximum Gasteiger partial charge on any atom is 0.263 e. The van der Waals surface area contributed by atoms with Crippen molar-refractivity contribution in [3.63, 3.8) is 0 Å². The van der Waals surface area contributed by atoms with Crippen LogP contribution >= 0.6 is 11.3 Å². The molecule has 1 aromatic carbocycles. The molecule has 2 aromatic heterocycles. The summed E-state index contributed by atoms with van der Waals surface area (Å²) >= 11 is 1.26. The molecule has 0 saturated heterocycles. The molecule has 1 amide bonds. The lowest BCUT2D eigenvalue weighted by molar-refractivity contribution is -0.118. The Morgan fingerprint density at radius 2 is 2.20 bits per heavy atom. The number of hydrogen-bond donors (Lipinski definition) is 3. The van der Waals surface area contributed by atoms with Crippen LogP contribution in [0.25, 0.3) is 10.3 Å². The van der Waals surface area contributed by atoms with E-state index < -0.39 is 0 Å². The number of nitrogen functional groups attached to an aromatic ring is 1. The van der Waals surface area contributed by atoms with E-state index in [-0.39, 0.29) is 12.5 Å². The van der Waals surface area contributed by atoms with Gasteiger partial charge in [0.1, 0.15) is 10.4 Å². The standard InChI is InChI=1S/C12H11N5O2S/c13-12-15-11-9(20-12)10(16-17-11)14-8(18)6-19-7-4-2-1-3-5-7/h1-5H,6H2,(H4,13,14,15,16,17,18). The lowest BCUT2D eigenvalue weighted by Crippen LogP contribution is -2.20. The Morgan fingerprint density at radius 1 is 1.40 bits per heavy atom. The third kappa shape index (κ3) is 2.54. The van der Waals surface area contributed by atoms with E-state index in [0.717, 1.165) is 4.70 Å². The topological polar surface area (TPSA) is 106 Å². The number of ether oxygens (including phenoxy) is 1. The highest BCUT2D eigenvalue weighted by atomic mass is 32.1. The van der Waals surface area contributed by atoms with Crippen LogP contribution in [-0.2, 0) is 4.79 Å². The summed E-state index contributed by atoms with van der Waals surface area (Å²) in [6.45, 7) is -0.0906. The first-order valence-electron chi connectivity index (χ1n) is 5.80. The average Bonchev–Trinajstić information content (AvgIpc) is 2.98. The molecule has 0 unspecified atom stereocenters. The van der Waals surface area contributed by atoms with Crippen molar-refractivity contribution in [2.45, 2.75) is 0 Å². The zero-order valence-corrected chi connectivity index (χ0v) is 11.1. The molecule has 0 atom stereocenters. The van der Waals surface area contributed by atoms with Gasteiger partial charge >= 0.3 is 0 Å². The van der Waals surface area contributed by atoms with Crippen molar-refractivity contribution in [3.05, 3.63) is 30.3 Å². The zero-order valence-electron chi connectivity index (χ0n) is 10.3. The van der Waals surface area contributed by atoms with Gasteiger partial charge in [-0.2, -0.15) is 5.10 Å². The number of benzene rings is 1. The van der Waals surface area contributed by atoms with E-state index in [0.29, 0.717) is 22.3 Å². The molecule has 0 radical (unpaired) electrons. The number of aromatic nitrogens is 3. The molecule has 0 fully saturated rings. The minimum Gasteiger partial charge on any atom is -0.484 e. The summed E-state index contributed by atoms with van der Waals surface area (Å²) < 4.78 is 6.07. The Balaban J connectivity index is 1.64. The third-order valence-electron chi connectivity index (χ3n) is 2.50. The van der Waals surface area contributed by atoms with Gasteiger partial charge in [-0.25, -0.2) is 4.98 Å². The molecule has 0 saturated carbocycles. The van der Waals surface area contributed by atoms with E-state index in [9.17, 15) is 4.79 Å². The maximum absolute atomic E-state index is 11.8. The summed E-state index contributed by atoms with van der Waals surface area (Å²) in [5.41, 5.74) is 6.15. The van der Waals surface area contributed by atoms with Gasteiger partial charge in [-0.15, -0.1) is 0 Å². The summed E-state index contributed by atoms with van der Waals surface area (Å²) in [7, 11) is 0. The second-order valence-corrected chi connectivity index (χ2v) is 4.98. The van der Waals surface area contributed by atoms with Crippen LogP contribution in [0.3, 0.4) is 0 Å². The number of rotatable bonds is 4. The van der Waals surface area contributed by atoms with Gasteiger partial charge < -0.3 is 15.8 Å². The molecular weight excluding hydrogens is 278 g/mol. The van der Waals surface area contributed by atoms with Crippen molar-refractivity contribution in [1.29, 1.82) is 0 Å². The number of nitrogens with one attached hydrogen (secondary N) is 2. The fourth-order valence-electron chi connectivity index (χ4n) is 1.65. The number of H-pyrrole nitrogens is 1. The highest BCUT2D eigenvalue weighted by Crippen LogP contribution is 2.28. The molecular formula is C12H11N5O2S. The molecule has 0 spiro atoms. The number of hydrogen-bond acceptors (Lipinski definition) is 6. The third-order valence-corrected chi connectivity index (χ3v) is 3.39. The fourth-order valence-corrected chi connectivity index (χ4v) is 2.38. The van der Waals surface area contributed by atoms with Gasteiger partial charge in [-0.05, 0) is 12.1 Å². The summed E-state index contributed by atoms with van der Waals surface area (Å²) in [6, 6.07) is 9.12. The van der Waals surface area contributed by atoms with Gasteiger partial charge in [0.25, 0.3) is 5.91 Å². The van der Waals surface area contributed by atoms with Crippen molar-refractivity contribution >= 4 is 38.5 Å². The first kappa shape index (κ1) is 12.4. The smallest absolute Gasteiger partial charge is 0.263 e. The normalized spacial score (nSPS) is 10.6. The molecule has 3 rings (SSSR count). The molecule has 7 nitrogen and oxygen atoms in total. The van der Waals surface area contributed by atoms with Crippen molar-refractivity contribution in [2.24, 2.45) is 0 Å². The summed E-state index contributed by atoms with van der Waals surface area (Å²) in [5, 5.41) is 9.75. The number of fused-ring (bicyclic) bond motifs is 1. The summed E-state index contributed by atoms with van der Waals surface area (Å²) in [4.78, 5) is 15.8. The maximum atomic E-state index is 11.8. The number of aromatic amines is 1. The number of para-hydroxylation sites is 1. The lowest BCUT2D eigenvalue weighted by Gasteiger charge is -2.05. The Labute approximate surface area is 117 Å². The molecule has 0 bridgehead atoms. The Hall–Kier alpha value is -2.61. The number of nitrogens with zero attached hydrogens (tertiary/aromatic N) is 2. The summed E-state index contributed by atoms with van der Waals surface area (Å²) in [6.07, 6.45) is 0. The van der Waals surface area contributed by atoms with Gasteiger partial charge in [0, 0.05) is 0 Å². The second kappa shape index (κ2) is 5.17. The van der Waals surface area contributed by atoms with Gasteiger partial charge in [0.15, 0.2) is 23.2 Å². The number of amides is 1. The second-order valence-electron chi connectivity index (χ2n) is 3.95. The van der Waals surface area contributed by atoms with Crippen LogP contribution in [-0.4, -0.2) is 27.7 Å². The fraction of sp³-hybridized carbons (Fsp3) is 0.0833. The first-order valence-corrected chi connectivity index (χ1v) is 6.62. The van der Waals surface area contributed by atoms with Gasteiger partial charge in [-0.3, -0.25) is 9.89 Å². The quantitative estimate of drug-likeness (QED) is 0.676. The molecule has 102 valence electrons. The monoisotopic (exact) mass is 289 g/mol. The van der Waals surface area contributed by atoms with Crippen molar-refractivity contribution in [1.82, 2.24) is 15.2 Å². The van der Waals surface area contributed by atoms with Gasteiger partial charge in [0.05, 0.1) is 0 Å². The number of anilines is 2. The minimum atomic E-state index is -0.297. The SMILES string of the molecule is Nc1nc2[nH]nc(NC(=O)COc3ccccc3)c2s1. The van der Waals surface area contributed by atoms with Crippen LogP contribution in [0.5, 0.6) is 5.75 Å². The zero-order chi connectivity index (χ0) is 13.9. The van der Waals surface area contributed by atoms with Crippen LogP contribution in [0, 0.1) is 0 Å². The predicted octanol–water partition coefficient (Wildman–Crippen LogP) is 1.62. The van der Waals surface area contributed by atoms with Crippen molar-refractivity contribution in [3.8, 4) is 5.75 Å². The van der Waals surface area contributed by atoms with Crippen LogP contribution < -0.4 is 15.8 Å². The average molecular weight is 289 g/mol. The van der Waals surface area contributed by atoms with Gasteiger partial charge in [0.2, 0.25) is 0 Å². The Bertz CT molecular complexity index is 737. The molecule has 4 N–H and O–H groups in total. The first-order chi connectivity index (χ1) is 9.72. The minimum absolute atomic E-state index is 0.0906. The molecule has 0 aliphatic heterocycles. The summed E-state index contributed by atoms with van der Waals surface area (Å²) in [5.74, 6) is 0.752. The van der Waals surface area contributed by atoms with Crippen LogP contribution in [0.4, 0.5) is 10.9 Å².